The number of ether oxygens (including phenoxy) is 1. The van der Waals surface area contributed by atoms with Crippen LogP contribution < -0.4 is 5.01 Å². The zero-order chi connectivity index (χ0) is 20.5. The highest BCUT2D eigenvalue weighted by Crippen LogP contribution is 2.29. The number of benzene rings is 1. The smallest absolute Gasteiger partial charge is 0.339 e. The molecule has 1 aliphatic heterocycles. The molecule has 0 spiro atoms. The molecule has 146 valence electrons. The number of halogens is 1. The lowest BCUT2D eigenvalue weighted by Crippen LogP contribution is -2.22. The molecule has 0 saturated heterocycles. The minimum absolute atomic E-state index is 0.0504. The van der Waals surface area contributed by atoms with Crippen molar-refractivity contribution in [3.8, 4) is 11.3 Å². The number of H-pyrrole nitrogens is 1. The fourth-order valence-corrected chi connectivity index (χ4v) is 2.93. The molecule has 0 fully saturated rings. The van der Waals surface area contributed by atoms with Gasteiger partial charge in [0.25, 0.3) is 11.9 Å². The van der Waals surface area contributed by atoms with E-state index in [0.29, 0.717) is 28.4 Å². The van der Waals surface area contributed by atoms with Gasteiger partial charge in [-0.2, -0.15) is 15.3 Å². The van der Waals surface area contributed by atoms with Gasteiger partial charge in [-0.1, -0.05) is 16.7 Å². The van der Waals surface area contributed by atoms with E-state index in [2.05, 4.69) is 25.7 Å². The van der Waals surface area contributed by atoms with Crippen LogP contribution in [-0.2, 0) is 9.53 Å². The van der Waals surface area contributed by atoms with Gasteiger partial charge in [-0.25, -0.2) is 4.79 Å². The third-order valence-corrected chi connectivity index (χ3v) is 4.49. The molecule has 0 unspecified atom stereocenters. The highest BCUT2D eigenvalue weighted by Gasteiger charge is 2.31. The molecule has 3 heterocycles. The van der Waals surface area contributed by atoms with Crippen LogP contribution in [0.5, 0.6) is 0 Å². The Kier molecular flexibility index (Phi) is 4.69. The first-order chi connectivity index (χ1) is 14.0. The summed E-state index contributed by atoms with van der Waals surface area (Å²) in [5.41, 5.74) is 1.68. The van der Waals surface area contributed by atoms with Gasteiger partial charge in [-0.3, -0.25) is 4.79 Å². The van der Waals surface area contributed by atoms with Crippen LogP contribution in [0.3, 0.4) is 0 Å². The molecule has 1 aliphatic rings. The van der Waals surface area contributed by atoms with E-state index in [9.17, 15) is 9.59 Å². The first kappa shape index (κ1) is 18.6. The van der Waals surface area contributed by atoms with Crippen molar-refractivity contribution in [3.63, 3.8) is 0 Å². The van der Waals surface area contributed by atoms with Gasteiger partial charge in [-0.15, -0.1) is 5.10 Å². The minimum atomic E-state index is -0.546. The normalized spacial score (nSPS) is 15.1. The van der Waals surface area contributed by atoms with E-state index in [1.54, 1.807) is 43.3 Å². The zero-order valence-electron chi connectivity index (χ0n) is 15.2. The maximum atomic E-state index is 12.6. The van der Waals surface area contributed by atoms with Crippen molar-refractivity contribution in [2.75, 3.05) is 12.1 Å². The molecule has 4 rings (SSSR count). The summed E-state index contributed by atoms with van der Waals surface area (Å²) in [6, 6.07) is 8.31. The molecular weight excluding hydrogens is 400 g/mol. The number of aromatic amines is 1. The number of hydrogen-bond acceptors (Lipinski definition) is 8. The second-order valence-electron chi connectivity index (χ2n) is 5.96. The Morgan fingerprint density at radius 2 is 2.14 bits per heavy atom. The van der Waals surface area contributed by atoms with E-state index in [0.717, 1.165) is 5.01 Å². The number of furan rings is 1. The van der Waals surface area contributed by atoms with E-state index in [-0.39, 0.29) is 16.5 Å². The highest BCUT2D eigenvalue weighted by molar-refractivity contribution is 6.33. The van der Waals surface area contributed by atoms with Crippen molar-refractivity contribution < 1.29 is 18.7 Å². The van der Waals surface area contributed by atoms with E-state index in [1.807, 2.05) is 0 Å². The van der Waals surface area contributed by atoms with Gasteiger partial charge in [0.2, 0.25) is 0 Å². The summed E-state index contributed by atoms with van der Waals surface area (Å²) < 4.78 is 10.5. The van der Waals surface area contributed by atoms with E-state index in [1.165, 1.54) is 7.11 Å². The molecule has 11 heteroatoms. The van der Waals surface area contributed by atoms with Crippen LogP contribution in [0.2, 0.25) is 5.02 Å². The van der Waals surface area contributed by atoms with Gasteiger partial charge in [0.15, 0.2) is 0 Å². The van der Waals surface area contributed by atoms with E-state index >= 15 is 0 Å². The summed E-state index contributed by atoms with van der Waals surface area (Å²) in [7, 11) is 1.28. The van der Waals surface area contributed by atoms with Crippen LogP contribution >= 0.6 is 11.6 Å². The predicted octanol–water partition coefficient (Wildman–Crippen LogP) is 2.71. The number of aromatic nitrogens is 4. The van der Waals surface area contributed by atoms with Gasteiger partial charge in [0.05, 0.1) is 29.0 Å². The molecule has 0 bridgehead atoms. The third-order valence-electron chi connectivity index (χ3n) is 4.16. The summed E-state index contributed by atoms with van der Waals surface area (Å²) in [5, 5.41) is 18.7. The lowest BCUT2D eigenvalue weighted by molar-refractivity contribution is -0.114. The van der Waals surface area contributed by atoms with Gasteiger partial charge in [0.1, 0.15) is 11.5 Å². The average molecular weight is 413 g/mol. The molecule has 2 aromatic heterocycles. The first-order valence-electron chi connectivity index (χ1n) is 8.31. The highest BCUT2D eigenvalue weighted by atomic mass is 35.5. The Labute approximate surface area is 168 Å². The number of esters is 1. The zero-order valence-corrected chi connectivity index (χ0v) is 16.0. The second kappa shape index (κ2) is 7.32. The van der Waals surface area contributed by atoms with Crippen LogP contribution in [-0.4, -0.2) is 45.3 Å². The van der Waals surface area contributed by atoms with E-state index in [4.69, 9.17) is 20.8 Å². The summed E-state index contributed by atoms with van der Waals surface area (Å²) in [4.78, 5) is 24.4. The van der Waals surface area contributed by atoms with Gasteiger partial charge in [-0.05, 0) is 48.5 Å². The minimum Gasteiger partial charge on any atom is -0.465 e. The standard InChI is InChI=1S/C18H13ClN6O4/c1-9-12(16(26)25(22-9)18-20-23-24-21-18)8-11-4-6-15(29-11)10-3-5-14(19)13(7-10)17(27)28-2/h3-8H,1-2H3,(H,20,21,23,24)/b12-8+. The molecular formula is C18H13ClN6O4. The van der Waals surface area contributed by atoms with Crippen LogP contribution in [0.15, 0.2) is 45.4 Å². The Hall–Kier alpha value is -3.79. The fourth-order valence-electron chi connectivity index (χ4n) is 2.74. The quantitative estimate of drug-likeness (QED) is 0.515. The molecule has 0 saturated carbocycles. The van der Waals surface area contributed by atoms with Crippen LogP contribution in [0.1, 0.15) is 23.0 Å². The Bertz CT molecular complexity index is 1160. The van der Waals surface area contributed by atoms with Crippen molar-refractivity contribution >= 4 is 41.2 Å². The van der Waals surface area contributed by atoms with Crippen LogP contribution in [0.4, 0.5) is 5.95 Å². The lowest BCUT2D eigenvalue weighted by Gasteiger charge is -2.04. The number of nitrogens with zero attached hydrogens (tertiary/aromatic N) is 5. The topological polar surface area (TPSA) is 127 Å². The molecule has 10 nitrogen and oxygen atoms in total. The molecule has 1 N–H and O–H groups in total. The van der Waals surface area contributed by atoms with Crippen molar-refractivity contribution in [1.82, 2.24) is 20.6 Å². The number of hydrazone groups is 1. The number of carbonyl (C=O) groups excluding carboxylic acids is 2. The Balaban J connectivity index is 1.63. The maximum absolute atomic E-state index is 12.6. The number of hydrogen-bond donors (Lipinski definition) is 1. The fraction of sp³-hybridized carbons (Fsp3) is 0.111. The molecule has 29 heavy (non-hydrogen) atoms. The summed E-state index contributed by atoms with van der Waals surface area (Å²) in [6.07, 6.45) is 1.57. The van der Waals surface area contributed by atoms with Gasteiger partial charge >= 0.3 is 5.97 Å². The number of amides is 1. The molecule has 0 radical (unpaired) electrons. The average Bonchev–Trinajstić information content (AvgIpc) is 3.46. The second-order valence-corrected chi connectivity index (χ2v) is 6.37. The number of tetrazole rings is 1. The molecule has 0 aliphatic carbocycles. The van der Waals surface area contributed by atoms with Crippen molar-refractivity contribution in [2.45, 2.75) is 6.92 Å². The van der Waals surface area contributed by atoms with Crippen LogP contribution in [0.25, 0.3) is 17.4 Å². The molecule has 3 aromatic rings. The predicted molar refractivity (Wildman–Crippen MR) is 103 cm³/mol. The summed E-state index contributed by atoms with van der Waals surface area (Å²) >= 11 is 6.05. The number of nitrogens with one attached hydrogen (secondary N) is 1. The Morgan fingerprint density at radius 3 is 2.86 bits per heavy atom. The van der Waals surface area contributed by atoms with Gasteiger partial charge < -0.3 is 9.15 Å². The largest absolute Gasteiger partial charge is 0.465 e. The maximum Gasteiger partial charge on any atom is 0.339 e. The van der Waals surface area contributed by atoms with Crippen molar-refractivity contribution in [2.24, 2.45) is 5.10 Å². The number of anilines is 1. The number of rotatable bonds is 4. The monoisotopic (exact) mass is 412 g/mol. The SMILES string of the molecule is COC(=O)c1cc(-c2ccc(/C=C3/C(=O)N(c4nn[nH]n4)N=C3C)o2)ccc1Cl. The van der Waals surface area contributed by atoms with Crippen molar-refractivity contribution in [1.29, 1.82) is 0 Å². The molecule has 1 aromatic carbocycles. The first-order valence-corrected chi connectivity index (χ1v) is 8.69. The van der Waals surface area contributed by atoms with E-state index < -0.39 is 11.9 Å². The lowest BCUT2D eigenvalue weighted by atomic mass is 10.1. The third kappa shape index (κ3) is 3.41. The van der Waals surface area contributed by atoms with Crippen molar-refractivity contribution in [3.05, 3.63) is 52.3 Å². The summed E-state index contributed by atoms with van der Waals surface area (Å²) in [5.74, 6) is 0.0302. The number of carbonyl (C=O) groups is 2. The summed E-state index contributed by atoms with van der Waals surface area (Å²) in [6.45, 7) is 1.69. The molecule has 1 amide bonds. The Morgan fingerprint density at radius 1 is 1.31 bits per heavy atom. The van der Waals surface area contributed by atoms with Crippen LogP contribution in [0, 0.1) is 0 Å². The number of methoxy groups -OCH3 is 1. The molecule has 0 atom stereocenters. The van der Waals surface area contributed by atoms with Gasteiger partial charge in [0, 0.05) is 5.56 Å².